The van der Waals surface area contributed by atoms with Crippen LogP contribution >= 0.6 is 27.5 Å². The number of amides is 1. The molecule has 0 bridgehead atoms. The maximum absolute atomic E-state index is 12.0. The van der Waals surface area contributed by atoms with Crippen LogP contribution in [0, 0.1) is 6.92 Å². The van der Waals surface area contributed by atoms with Crippen LogP contribution in [-0.4, -0.2) is 10.9 Å². The number of nitrogens with one attached hydrogen (secondary N) is 1. The highest BCUT2D eigenvalue weighted by molar-refractivity contribution is 9.10. The number of benzene rings is 1. The van der Waals surface area contributed by atoms with Crippen LogP contribution in [0.4, 0.5) is 0 Å². The summed E-state index contributed by atoms with van der Waals surface area (Å²) in [6.45, 7) is 2.26. The molecule has 0 atom stereocenters. The van der Waals surface area contributed by atoms with E-state index in [-0.39, 0.29) is 5.91 Å². The molecule has 0 spiro atoms. The van der Waals surface area contributed by atoms with Crippen molar-refractivity contribution in [1.29, 1.82) is 0 Å². The summed E-state index contributed by atoms with van der Waals surface area (Å²) in [5, 5.41) is 3.18. The molecule has 1 N–H and O–H groups in total. The zero-order valence-corrected chi connectivity index (χ0v) is 12.6. The third-order valence-electron chi connectivity index (χ3n) is 2.58. The summed E-state index contributed by atoms with van der Waals surface area (Å²) in [6.07, 6.45) is 0. The summed E-state index contributed by atoms with van der Waals surface area (Å²) in [5.41, 5.74) is 2.26. The smallest absolute Gasteiger partial charge is 0.251 e. The highest BCUT2D eigenvalue weighted by Gasteiger charge is 2.08. The summed E-state index contributed by atoms with van der Waals surface area (Å²) < 4.78 is 0.972. The van der Waals surface area contributed by atoms with Gasteiger partial charge in [0.05, 0.1) is 0 Å². The molecule has 0 unspecified atom stereocenters. The third-order valence-corrected chi connectivity index (χ3v) is 3.55. The van der Waals surface area contributed by atoms with Crippen molar-refractivity contribution in [2.45, 2.75) is 13.5 Å². The second kappa shape index (κ2) is 6.17. The lowest BCUT2D eigenvalue weighted by molar-refractivity contribution is 0.0950. The fourth-order valence-corrected chi connectivity index (χ4v) is 2.35. The van der Waals surface area contributed by atoms with Crippen LogP contribution in [0.15, 0.2) is 40.9 Å². The first-order valence-corrected chi connectivity index (χ1v) is 6.89. The van der Waals surface area contributed by atoms with Gasteiger partial charge in [-0.1, -0.05) is 45.7 Å². The Labute approximate surface area is 125 Å². The van der Waals surface area contributed by atoms with Crippen LogP contribution in [0.2, 0.25) is 5.15 Å². The topological polar surface area (TPSA) is 42.0 Å². The van der Waals surface area contributed by atoms with Gasteiger partial charge in [-0.15, -0.1) is 0 Å². The van der Waals surface area contributed by atoms with Gasteiger partial charge in [-0.3, -0.25) is 4.79 Å². The first kappa shape index (κ1) is 14.0. The number of hydrogen-bond donors (Lipinski definition) is 1. The van der Waals surface area contributed by atoms with E-state index >= 15 is 0 Å². The lowest BCUT2D eigenvalue weighted by Gasteiger charge is -2.07. The molecule has 19 heavy (non-hydrogen) atoms. The number of aryl methyl sites for hydroxylation is 1. The minimum atomic E-state index is -0.164. The molecule has 0 aliphatic heterocycles. The van der Waals surface area contributed by atoms with E-state index in [2.05, 4.69) is 26.2 Å². The van der Waals surface area contributed by atoms with Gasteiger partial charge in [0, 0.05) is 22.3 Å². The van der Waals surface area contributed by atoms with Crippen molar-refractivity contribution < 1.29 is 4.79 Å². The second-order valence-corrected chi connectivity index (χ2v) is 5.34. The molecule has 0 radical (unpaired) electrons. The van der Waals surface area contributed by atoms with E-state index in [0.717, 1.165) is 15.7 Å². The molecule has 2 aromatic rings. The van der Waals surface area contributed by atoms with E-state index in [1.165, 1.54) is 0 Å². The van der Waals surface area contributed by atoms with E-state index in [0.29, 0.717) is 17.3 Å². The summed E-state index contributed by atoms with van der Waals surface area (Å²) in [7, 11) is 0. The zero-order valence-electron chi connectivity index (χ0n) is 10.3. The molecule has 98 valence electrons. The number of rotatable bonds is 3. The first-order valence-electron chi connectivity index (χ1n) is 5.72. The molecular formula is C14H12BrClN2O. The van der Waals surface area contributed by atoms with E-state index in [4.69, 9.17) is 11.6 Å². The van der Waals surface area contributed by atoms with Crippen LogP contribution in [0.3, 0.4) is 0 Å². The summed E-state index contributed by atoms with van der Waals surface area (Å²) in [5.74, 6) is -0.164. The number of hydrogen-bond acceptors (Lipinski definition) is 2. The Morgan fingerprint density at radius 1 is 1.37 bits per heavy atom. The van der Waals surface area contributed by atoms with Crippen molar-refractivity contribution >= 4 is 33.4 Å². The Bertz CT molecular complexity index is 596. The van der Waals surface area contributed by atoms with Crippen molar-refractivity contribution in [3.63, 3.8) is 0 Å². The lowest BCUT2D eigenvalue weighted by Crippen LogP contribution is -2.23. The number of carbonyl (C=O) groups is 1. The van der Waals surface area contributed by atoms with Gasteiger partial charge in [0.25, 0.3) is 5.91 Å². The van der Waals surface area contributed by atoms with Gasteiger partial charge in [-0.25, -0.2) is 4.98 Å². The second-order valence-electron chi connectivity index (χ2n) is 4.09. The molecule has 0 aliphatic carbocycles. The number of nitrogens with zero attached hydrogens (tertiary/aromatic N) is 1. The van der Waals surface area contributed by atoms with Crippen LogP contribution in [0.25, 0.3) is 0 Å². The highest BCUT2D eigenvalue weighted by Crippen LogP contribution is 2.16. The largest absolute Gasteiger partial charge is 0.348 e. The molecular weight excluding hydrogens is 328 g/mol. The molecule has 1 aromatic heterocycles. The summed E-state index contributed by atoms with van der Waals surface area (Å²) in [6, 6.07) is 11.0. The van der Waals surface area contributed by atoms with E-state index < -0.39 is 0 Å². The Morgan fingerprint density at radius 3 is 2.79 bits per heavy atom. The Morgan fingerprint density at radius 2 is 2.11 bits per heavy atom. The minimum absolute atomic E-state index is 0.164. The maximum atomic E-state index is 12.0. The molecule has 0 saturated heterocycles. The fraction of sp³-hybridized carbons (Fsp3) is 0.143. The molecule has 3 nitrogen and oxygen atoms in total. The third kappa shape index (κ3) is 3.78. The van der Waals surface area contributed by atoms with Gasteiger partial charge in [-0.05, 0) is 30.7 Å². The number of halogens is 2. The van der Waals surface area contributed by atoms with Gasteiger partial charge in [0.1, 0.15) is 5.15 Å². The molecule has 1 aromatic carbocycles. The summed E-state index contributed by atoms with van der Waals surface area (Å²) >= 11 is 9.28. The van der Waals surface area contributed by atoms with Gasteiger partial charge in [0.15, 0.2) is 0 Å². The number of aromatic nitrogens is 1. The number of carbonyl (C=O) groups excluding carboxylic acids is 1. The Balaban J connectivity index is 2.08. The lowest BCUT2D eigenvalue weighted by atomic mass is 10.2. The highest BCUT2D eigenvalue weighted by atomic mass is 79.9. The summed E-state index contributed by atoms with van der Waals surface area (Å²) in [4.78, 5) is 16.0. The van der Waals surface area contributed by atoms with Gasteiger partial charge >= 0.3 is 0 Å². The molecule has 2 rings (SSSR count). The molecule has 0 saturated carbocycles. The van der Waals surface area contributed by atoms with E-state index in [1.807, 2.05) is 24.3 Å². The van der Waals surface area contributed by atoms with Crippen LogP contribution < -0.4 is 5.32 Å². The van der Waals surface area contributed by atoms with Crippen LogP contribution in [0.1, 0.15) is 21.6 Å². The van der Waals surface area contributed by atoms with Crippen LogP contribution in [0.5, 0.6) is 0 Å². The van der Waals surface area contributed by atoms with Gasteiger partial charge in [0.2, 0.25) is 0 Å². The molecule has 1 heterocycles. The average molecular weight is 340 g/mol. The van der Waals surface area contributed by atoms with Crippen molar-refractivity contribution in [2.24, 2.45) is 0 Å². The normalized spacial score (nSPS) is 10.3. The predicted octanol–water partition coefficient (Wildman–Crippen LogP) is 3.74. The Kier molecular flexibility index (Phi) is 4.56. The minimum Gasteiger partial charge on any atom is -0.348 e. The standard InChI is InChI=1S/C14H12BrClN2O/c1-9-6-11(7-13(16)18-9)14(19)17-8-10-4-2-3-5-12(10)15/h2-7H,8H2,1H3,(H,17,19). The monoisotopic (exact) mass is 338 g/mol. The molecule has 0 aliphatic rings. The quantitative estimate of drug-likeness (QED) is 0.866. The van der Waals surface area contributed by atoms with Crippen molar-refractivity contribution in [1.82, 2.24) is 10.3 Å². The first-order chi connectivity index (χ1) is 9.06. The van der Waals surface area contributed by atoms with E-state index in [1.54, 1.807) is 19.1 Å². The van der Waals surface area contributed by atoms with Crippen molar-refractivity contribution in [3.8, 4) is 0 Å². The van der Waals surface area contributed by atoms with Crippen molar-refractivity contribution in [2.75, 3.05) is 0 Å². The molecule has 1 amide bonds. The molecule has 5 heteroatoms. The van der Waals surface area contributed by atoms with Gasteiger partial charge in [-0.2, -0.15) is 0 Å². The molecule has 0 fully saturated rings. The van der Waals surface area contributed by atoms with Crippen LogP contribution in [-0.2, 0) is 6.54 Å². The SMILES string of the molecule is Cc1cc(C(=O)NCc2ccccc2Br)cc(Cl)n1. The van der Waals surface area contributed by atoms with E-state index in [9.17, 15) is 4.79 Å². The fourth-order valence-electron chi connectivity index (χ4n) is 1.68. The Hall–Kier alpha value is -1.39. The number of pyridine rings is 1. The zero-order chi connectivity index (χ0) is 13.8. The average Bonchev–Trinajstić information content (AvgIpc) is 2.36. The van der Waals surface area contributed by atoms with Crippen molar-refractivity contribution in [3.05, 3.63) is 62.8 Å². The predicted molar refractivity (Wildman–Crippen MR) is 79.3 cm³/mol. The van der Waals surface area contributed by atoms with Gasteiger partial charge < -0.3 is 5.32 Å². The maximum Gasteiger partial charge on any atom is 0.251 e.